The van der Waals surface area contributed by atoms with Crippen LogP contribution in [0.2, 0.25) is 0 Å². The first-order valence-electron chi connectivity index (χ1n) is 5.04. The Balaban J connectivity index is 2.11. The van der Waals surface area contributed by atoms with Crippen LogP contribution < -0.4 is 5.32 Å². The Kier molecular flexibility index (Phi) is 3.02. The van der Waals surface area contributed by atoms with Crippen LogP contribution in [0.3, 0.4) is 0 Å². The molecule has 0 saturated heterocycles. The Morgan fingerprint density at radius 2 is 2.13 bits per heavy atom. The van der Waals surface area contributed by atoms with Crippen molar-refractivity contribution in [2.24, 2.45) is 0 Å². The molecule has 0 aromatic heterocycles. The van der Waals surface area contributed by atoms with Gasteiger partial charge >= 0.3 is 0 Å². The van der Waals surface area contributed by atoms with Gasteiger partial charge in [-0.1, -0.05) is 30.8 Å². The van der Waals surface area contributed by atoms with E-state index in [1.165, 1.54) is 11.1 Å². The van der Waals surface area contributed by atoms with Gasteiger partial charge in [0, 0.05) is 13.1 Å². The zero-order valence-corrected chi connectivity index (χ0v) is 9.39. The van der Waals surface area contributed by atoms with E-state index in [9.17, 15) is 0 Å². The SMILES string of the molecule is C=CNC(=S)N1CCc2ccccc2C1. The van der Waals surface area contributed by atoms with Crippen molar-refractivity contribution >= 4 is 17.3 Å². The third-order valence-corrected chi connectivity index (χ3v) is 3.02. The topological polar surface area (TPSA) is 15.3 Å². The van der Waals surface area contributed by atoms with Crippen molar-refractivity contribution in [1.29, 1.82) is 0 Å². The van der Waals surface area contributed by atoms with Crippen molar-refractivity contribution in [2.75, 3.05) is 6.54 Å². The van der Waals surface area contributed by atoms with E-state index in [0.29, 0.717) is 0 Å². The Labute approximate surface area is 95.6 Å². The fraction of sp³-hybridized carbons (Fsp3) is 0.250. The second-order valence-corrected chi connectivity index (χ2v) is 3.98. The van der Waals surface area contributed by atoms with Gasteiger partial charge in [-0.05, 0) is 36.0 Å². The molecule has 78 valence electrons. The van der Waals surface area contributed by atoms with Crippen LogP contribution in [0.25, 0.3) is 0 Å². The minimum absolute atomic E-state index is 0.763. The van der Waals surface area contributed by atoms with Crippen LogP contribution in [0.4, 0.5) is 0 Å². The summed E-state index contributed by atoms with van der Waals surface area (Å²) in [6, 6.07) is 8.52. The molecule has 15 heavy (non-hydrogen) atoms. The molecule has 1 aromatic rings. The molecular formula is C12H14N2S. The third kappa shape index (κ3) is 2.18. The van der Waals surface area contributed by atoms with Crippen LogP contribution in [0, 0.1) is 0 Å². The van der Waals surface area contributed by atoms with Crippen molar-refractivity contribution in [3.05, 3.63) is 48.2 Å². The molecule has 0 aliphatic carbocycles. The molecule has 0 fully saturated rings. The van der Waals surface area contributed by atoms with Gasteiger partial charge < -0.3 is 10.2 Å². The standard InChI is InChI=1S/C12H14N2S/c1-2-13-12(15)14-8-7-10-5-3-4-6-11(10)9-14/h2-6H,1,7-9H2,(H,13,15). The van der Waals surface area contributed by atoms with E-state index >= 15 is 0 Å². The molecule has 2 rings (SSSR count). The van der Waals surface area contributed by atoms with Gasteiger partial charge in [0.25, 0.3) is 0 Å². The zero-order valence-electron chi connectivity index (χ0n) is 8.57. The van der Waals surface area contributed by atoms with Gasteiger partial charge in [0.2, 0.25) is 0 Å². The Morgan fingerprint density at radius 1 is 1.40 bits per heavy atom. The van der Waals surface area contributed by atoms with Crippen LogP contribution in [0.15, 0.2) is 37.0 Å². The summed E-state index contributed by atoms with van der Waals surface area (Å²) in [4.78, 5) is 2.17. The Morgan fingerprint density at radius 3 is 2.87 bits per heavy atom. The largest absolute Gasteiger partial charge is 0.344 e. The van der Waals surface area contributed by atoms with Crippen LogP contribution in [-0.4, -0.2) is 16.6 Å². The third-order valence-electron chi connectivity index (χ3n) is 2.64. The van der Waals surface area contributed by atoms with Gasteiger partial charge in [0.1, 0.15) is 0 Å². The molecule has 1 aromatic carbocycles. The van der Waals surface area contributed by atoms with Gasteiger partial charge in [0.05, 0.1) is 0 Å². The maximum Gasteiger partial charge on any atom is 0.173 e. The lowest BCUT2D eigenvalue weighted by Crippen LogP contribution is -2.40. The van der Waals surface area contributed by atoms with Gasteiger partial charge in [-0.2, -0.15) is 0 Å². The minimum Gasteiger partial charge on any atom is -0.344 e. The molecule has 0 atom stereocenters. The summed E-state index contributed by atoms with van der Waals surface area (Å²) < 4.78 is 0. The monoisotopic (exact) mass is 218 g/mol. The van der Waals surface area contributed by atoms with Gasteiger partial charge in [0.15, 0.2) is 5.11 Å². The Bertz CT molecular complexity index is 387. The molecule has 1 aliphatic rings. The summed E-state index contributed by atoms with van der Waals surface area (Å²) in [6.45, 7) is 5.50. The summed E-state index contributed by atoms with van der Waals surface area (Å²) in [6.07, 6.45) is 2.69. The van der Waals surface area contributed by atoms with Gasteiger partial charge in [-0.15, -0.1) is 0 Å². The van der Waals surface area contributed by atoms with Crippen LogP contribution >= 0.6 is 12.2 Å². The second kappa shape index (κ2) is 4.45. The van der Waals surface area contributed by atoms with Crippen molar-refractivity contribution in [3.8, 4) is 0 Å². The molecule has 0 spiro atoms. The highest BCUT2D eigenvalue weighted by Gasteiger charge is 2.16. The first-order chi connectivity index (χ1) is 7.31. The van der Waals surface area contributed by atoms with Crippen molar-refractivity contribution in [3.63, 3.8) is 0 Å². The molecule has 1 heterocycles. The number of fused-ring (bicyclic) bond motifs is 1. The van der Waals surface area contributed by atoms with Crippen molar-refractivity contribution in [2.45, 2.75) is 13.0 Å². The molecule has 0 amide bonds. The highest BCUT2D eigenvalue weighted by Crippen LogP contribution is 2.18. The number of benzene rings is 1. The molecule has 1 N–H and O–H groups in total. The summed E-state index contributed by atoms with van der Waals surface area (Å²) in [5.41, 5.74) is 2.81. The number of nitrogens with zero attached hydrogens (tertiary/aromatic N) is 1. The predicted octanol–water partition coefficient (Wildman–Crippen LogP) is 2.06. The van der Waals surface area contributed by atoms with Crippen LogP contribution in [-0.2, 0) is 13.0 Å². The van der Waals surface area contributed by atoms with E-state index in [0.717, 1.165) is 24.6 Å². The number of thiocarbonyl (C=S) groups is 1. The lowest BCUT2D eigenvalue weighted by molar-refractivity contribution is 0.392. The maximum absolute atomic E-state index is 5.25. The van der Waals surface area contributed by atoms with Gasteiger partial charge in [-0.25, -0.2) is 0 Å². The van der Waals surface area contributed by atoms with Crippen molar-refractivity contribution < 1.29 is 0 Å². The van der Waals surface area contributed by atoms with E-state index in [4.69, 9.17) is 12.2 Å². The van der Waals surface area contributed by atoms with E-state index in [1.54, 1.807) is 6.20 Å². The summed E-state index contributed by atoms with van der Waals surface area (Å²) in [5, 5.41) is 3.73. The molecule has 0 saturated carbocycles. The quantitative estimate of drug-likeness (QED) is 0.726. The van der Waals surface area contributed by atoms with Crippen LogP contribution in [0.5, 0.6) is 0 Å². The second-order valence-electron chi connectivity index (χ2n) is 3.59. The fourth-order valence-corrected chi connectivity index (χ4v) is 2.09. The minimum atomic E-state index is 0.763. The van der Waals surface area contributed by atoms with Crippen molar-refractivity contribution in [1.82, 2.24) is 10.2 Å². The number of rotatable bonds is 1. The highest BCUT2D eigenvalue weighted by atomic mass is 32.1. The predicted molar refractivity (Wildman–Crippen MR) is 66.5 cm³/mol. The number of nitrogens with one attached hydrogen (secondary N) is 1. The molecule has 3 heteroatoms. The molecule has 1 aliphatic heterocycles. The highest BCUT2D eigenvalue weighted by molar-refractivity contribution is 7.80. The first kappa shape index (κ1) is 10.2. The average molecular weight is 218 g/mol. The van der Waals surface area contributed by atoms with E-state index in [1.807, 2.05) is 0 Å². The molecule has 0 radical (unpaired) electrons. The van der Waals surface area contributed by atoms with E-state index < -0.39 is 0 Å². The molecule has 0 bridgehead atoms. The summed E-state index contributed by atoms with van der Waals surface area (Å²) >= 11 is 5.25. The summed E-state index contributed by atoms with van der Waals surface area (Å²) in [5.74, 6) is 0. The maximum atomic E-state index is 5.25. The normalized spacial score (nSPS) is 14.3. The first-order valence-corrected chi connectivity index (χ1v) is 5.45. The zero-order chi connectivity index (χ0) is 10.7. The molecule has 2 nitrogen and oxygen atoms in total. The Hall–Kier alpha value is -1.35. The van der Waals surface area contributed by atoms with E-state index in [2.05, 4.69) is 41.1 Å². The fourth-order valence-electron chi connectivity index (χ4n) is 1.85. The number of hydrogen-bond donors (Lipinski definition) is 1. The lowest BCUT2D eigenvalue weighted by atomic mass is 10.0. The number of hydrogen-bond acceptors (Lipinski definition) is 1. The van der Waals surface area contributed by atoms with Gasteiger partial charge in [-0.3, -0.25) is 0 Å². The van der Waals surface area contributed by atoms with E-state index in [-0.39, 0.29) is 0 Å². The molecular weight excluding hydrogens is 204 g/mol. The molecule has 0 unspecified atom stereocenters. The van der Waals surface area contributed by atoms with Crippen LogP contribution in [0.1, 0.15) is 11.1 Å². The smallest absolute Gasteiger partial charge is 0.173 e. The average Bonchev–Trinajstić information content (AvgIpc) is 2.29. The lowest BCUT2D eigenvalue weighted by Gasteiger charge is -2.30. The summed E-state index contributed by atoms with van der Waals surface area (Å²) in [7, 11) is 0.